The van der Waals surface area contributed by atoms with Crippen molar-refractivity contribution in [3.8, 4) is 67.5 Å². The smallest absolute Gasteiger partial charge is 0.195 e. The molecule has 0 spiro atoms. The third kappa shape index (κ3) is 6.53. The molecule has 0 radical (unpaired) electrons. The fourth-order valence-electron chi connectivity index (χ4n) is 7.19. The summed E-state index contributed by atoms with van der Waals surface area (Å²) in [5, 5.41) is 0. The maximum absolute atomic E-state index is 5.88. The first kappa shape index (κ1) is 34.2. The first-order valence-electron chi connectivity index (χ1n) is 19.3. The van der Waals surface area contributed by atoms with Gasteiger partial charge < -0.3 is 13.3 Å². The van der Waals surface area contributed by atoms with Crippen LogP contribution in [0.3, 0.4) is 0 Å². The van der Waals surface area contributed by atoms with E-state index in [1.54, 1.807) is 0 Å². The normalized spacial score (nSPS) is 11.6. The number of nitrogens with zero attached hydrogens (tertiary/aromatic N) is 6. The maximum atomic E-state index is 5.88. The quantitative estimate of drug-likeness (QED) is 0.142. The zero-order valence-electron chi connectivity index (χ0n) is 31.7. The van der Waals surface area contributed by atoms with E-state index < -0.39 is 0 Å². The molecule has 9 heteroatoms. The van der Waals surface area contributed by atoms with Gasteiger partial charge >= 0.3 is 0 Å². The third-order valence-electron chi connectivity index (χ3n) is 10.2. The molecule has 6 aromatic carbocycles. The van der Waals surface area contributed by atoms with Gasteiger partial charge in [0.25, 0.3) is 0 Å². The van der Waals surface area contributed by atoms with Gasteiger partial charge in [0.15, 0.2) is 51.9 Å². The zero-order valence-corrected chi connectivity index (χ0v) is 31.7. The molecular weight excluding hydrogens is 709 g/mol. The van der Waals surface area contributed by atoms with Crippen LogP contribution in [0, 0.1) is 0 Å². The lowest BCUT2D eigenvalue weighted by atomic mass is 10.0. The van der Waals surface area contributed by atoms with Gasteiger partial charge in [0.2, 0.25) is 0 Å². The van der Waals surface area contributed by atoms with Gasteiger partial charge in [0.1, 0.15) is 16.6 Å². The average molecular weight is 745 g/mol. The second kappa shape index (κ2) is 14.1. The average Bonchev–Trinajstić information content (AvgIpc) is 4.02. The van der Waals surface area contributed by atoms with Crippen molar-refractivity contribution in [2.75, 3.05) is 0 Å². The number of hydrogen-bond acceptors (Lipinski definition) is 9. The molecule has 276 valence electrons. The molecule has 9 nitrogen and oxygen atoms in total. The molecule has 57 heavy (non-hydrogen) atoms. The highest BCUT2D eigenvalue weighted by atomic mass is 16.4. The van der Waals surface area contributed by atoms with Gasteiger partial charge in [-0.3, -0.25) is 0 Å². The Morgan fingerprint density at radius 3 is 0.895 bits per heavy atom. The van der Waals surface area contributed by atoms with Crippen LogP contribution in [0.2, 0.25) is 0 Å². The Hall–Kier alpha value is -7.26. The largest absolute Gasteiger partial charge is 0.441 e. The van der Waals surface area contributed by atoms with Crippen LogP contribution < -0.4 is 0 Å². The van der Waals surface area contributed by atoms with E-state index in [9.17, 15) is 0 Å². The topological polar surface area (TPSA) is 117 Å². The minimum absolute atomic E-state index is 0.565. The number of aromatic nitrogens is 6. The highest BCUT2D eigenvalue weighted by molar-refractivity contribution is 5.85. The van der Waals surface area contributed by atoms with Crippen molar-refractivity contribution in [1.29, 1.82) is 0 Å². The van der Waals surface area contributed by atoms with Crippen LogP contribution >= 0.6 is 0 Å². The summed E-state index contributed by atoms with van der Waals surface area (Å²) in [7, 11) is 0. The lowest BCUT2D eigenvalue weighted by molar-refractivity contribution is 0.537. The number of rotatable bonds is 9. The van der Waals surface area contributed by atoms with E-state index in [2.05, 4.69) is 87.7 Å². The molecule has 0 atom stereocenters. The molecule has 10 aromatic rings. The Labute approximate surface area is 328 Å². The van der Waals surface area contributed by atoms with E-state index in [4.69, 9.17) is 28.2 Å². The highest BCUT2D eigenvalue weighted by Gasteiger charge is 2.16. The first-order chi connectivity index (χ1) is 28.0. The molecule has 0 aliphatic heterocycles. The lowest BCUT2D eigenvalue weighted by Crippen LogP contribution is -2.00. The van der Waals surface area contributed by atoms with E-state index in [1.807, 2.05) is 75.4 Å². The summed E-state index contributed by atoms with van der Waals surface area (Å²) >= 11 is 0. The van der Waals surface area contributed by atoms with Crippen molar-refractivity contribution in [3.63, 3.8) is 0 Å². The van der Waals surface area contributed by atoms with E-state index in [0.717, 1.165) is 120 Å². The van der Waals surface area contributed by atoms with Gasteiger partial charge in [-0.15, -0.1) is 0 Å². The Balaban J connectivity index is 1.09. The SMILES string of the molecule is CCc1nc2cc(-c3cccc(-c4nc(-c5cccc(-c6ccc7oc(CC)nc7c6)c5)nc(-c5cccc(-c6ccc7oc(CC)nc7c6)c5)n4)c3)ccc2o1. The highest BCUT2D eigenvalue weighted by Crippen LogP contribution is 2.34. The van der Waals surface area contributed by atoms with Crippen LogP contribution in [0.5, 0.6) is 0 Å². The van der Waals surface area contributed by atoms with Crippen LogP contribution in [-0.2, 0) is 19.3 Å². The molecule has 0 N–H and O–H groups in total. The minimum Gasteiger partial charge on any atom is -0.441 e. The van der Waals surface area contributed by atoms with Crippen LogP contribution in [0.25, 0.3) is 101 Å². The Morgan fingerprint density at radius 1 is 0.316 bits per heavy atom. The van der Waals surface area contributed by atoms with Crippen LogP contribution in [0.4, 0.5) is 0 Å². The lowest BCUT2D eigenvalue weighted by Gasteiger charge is -2.11. The summed E-state index contributed by atoms with van der Waals surface area (Å²) in [6, 6.07) is 43.2. The molecule has 0 aliphatic carbocycles. The summed E-state index contributed by atoms with van der Waals surface area (Å²) in [5.74, 6) is 3.87. The second-order valence-corrected chi connectivity index (χ2v) is 14.0. The zero-order chi connectivity index (χ0) is 38.5. The third-order valence-corrected chi connectivity index (χ3v) is 10.2. The molecule has 0 fully saturated rings. The molecule has 10 rings (SSSR count). The molecule has 0 bridgehead atoms. The Bertz CT molecular complexity index is 2780. The van der Waals surface area contributed by atoms with Crippen molar-refractivity contribution < 1.29 is 13.3 Å². The van der Waals surface area contributed by atoms with Gasteiger partial charge in [0.05, 0.1) is 0 Å². The summed E-state index contributed by atoms with van der Waals surface area (Å²) in [5.41, 5.74) is 13.6. The molecule has 0 saturated heterocycles. The van der Waals surface area contributed by atoms with Gasteiger partial charge in [-0.2, -0.15) is 0 Å². The van der Waals surface area contributed by atoms with Gasteiger partial charge in [-0.1, -0.05) is 93.6 Å². The minimum atomic E-state index is 0.565. The van der Waals surface area contributed by atoms with Crippen LogP contribution in [-0.4, -0.2) is 29.9 Å². The molecule has 0 aliphatic rings. The fraction of sp³-hybridized carbons (Fsp3) is 0.125. The van der Waals surface area contributed by atoms with Crippen molar-refractivity contribution in [2.45, 2.75) is 40.0 Å². The van der Waals surface area contributed by atoms with E-state index >= 15 is 0 Å². The molecule has 4 aromatic heterocycles. The molecule has 0 amide bonds. The van der Waals surface area contributed by atoms with E-state index in [1.165, 1.54) is 0 Å². The van der Waals surface area contributed by atoms with Gasteiger partial charge in [0, 0.05) is 36.0 Å². The standard InChI is InChI=1S/C48H36N6O3/c1-4-43-49-37-25-31(16-19-40(37)55-43)28-10-7-13-34(22-28)46-52-47(35-14-8-11-29(23-35)32-17-20-41-38(26-32)50-44(5-2)56-41)54-48(53-46)36-15-9-12-30(24-36)33-18-21-42-39(27-33)51-45(6-3)57-42/h7-27H,4-6H2,1-3H3. The molecule has 0 unspecified atom stereocenters. The number of benzene rings is 6. The summed E-state index contributed by atoms with van der Waals surface area (Å²) in [4.78, 5) is 29.4. The summed E-state index contributed by atoms with van der Waals surface area (Å²) in [6.45, 7) is 6.12. The van der Waals surface area contributed by atoms with Gasteiger partial charge in [-0.05, 0) is 88.0 Å². The molecular formula is C48H36N6O3. The predicted molar refractivity (Wildman–Crippen MR) is 223 cm³/mol. The summed E-state index contributed by atoms with van der Waals surface area (Å²) in [6.07, 6.45) is 2.22. The monoisotopic (exact) mass is 744 g/mol. The van der Waals surface area contributed by atoms with E-state index in [-0.39, 0.29) is 0 Å². The van der Waals surface area contributed by atoms with Gasteiger partial charge in [-0.25, -0.2) is 29.9 Å². The fourth-order valence-corrected chi connectivity index (χ4v) is 7.19. The number of fused-ring (bicyclic) bond motifs is 3. The maximum Gasteiger partial charge on any atom is 0.195 e. The number of oxazole rings is 3. The van der Waals surface area contributed by atoms with Crippen molar-refractivity contribution >= 4 is 33.3 Å². The first-order valence-corrected chi connectivity index (χ1v) is 19.3. The Morgan fingerprint density at radius 2 is 0.596 bits per heavy atom. The number of hydrogen-bond donors (Lipinski definition) is 0. The number of aryl methyl sites for hydroxylation is 3. The van der Waals surface area contributed by atoms with Crippen LogP contribution in [0.1, 0.15) is 38.4 Å². The second-order valence-electron chi connectivity index (χ2n) is 14.0. The summed E-state index contributed by atoms with van der Waals surface area (Å²) < 4.78 is 17.6. The molecule has 0 saturated carbocycles. The predicted octanol–water partition coefficient (Wildman–Crippen LogP) is 12.0. The van der Waals surface area contributed by atoms with Crippen molar-refractivity contribution in [2.24, 2.45) is 0 Å². The Kier molecular flexibility index (Phi) is 8.48. The van der Waals surface area contributed by atoms with Crippen molar-refractivity contribution in [1.82, 2.24) is 29.9 Å². The van der Waals surface area contributed by atoms with E-state index in [0.29, 0.717) is 17.5 Å². The van der Waals surface area contributed by atoms with Crippen LogP contribution in [0.15, 0.2) is 141 Å². The van der Waals surface area contributed by atoms with Crippen molar-refractivity contribution in [3.05, 3.63) is 145 Å². The molecule has 4 heterocycles.